The molecule has 0 aliphatic rings. The van der Waals surface area contributed by atoms with Gasteiger partial charge in [0.2, 0.25) is 0 Å². The molecule has 0 fully saturated rings. The predicted molar refractivity (Wildman–Crippen MR) is 60.1 cm³/mol. The van der Waals surface area contributed by atoms with E-state index >= 15 is 0 Å². The van der Waals surface area contributed by atoms with Crippen molar-refractivity contribution in [3.8, 4) is 0 Å². The molecule has 0 aliphatic heterocycles. The Hall–Kier alpha value is -1.09. The quantitative estimate of drug-likeness (QED) is 0.699. The van der Waals surface area contributed by atoms with Gasteiger partial charge in [-0.25, -0.2) is 4.98 Å². The molecule has 0 saturated heterocycles. The first kappa shape index (κ1) is 9.99. The smallest absolute Gasteiger partial charge is 0.181 e. The second kappa shape index (κ2) is 4.23. The van der Waals surface area contributed by atoms with Crippen molar-refractivity contribution >= 4 is 26.7 Å². The van der Waals surface area contributed by atoms with Crippen LogP contribution in [0, 0.1) is 6.92 Å². The SMILES string of the molecule is CC.Cc1ccc2sc(N)nc2c1. The summed E-state index contributed by atoms with van der Waals surface area (Å²) in [5.74, 6) is 0. The molecule has 0 atom stereocenters. The number of nitrogen functional groups attached to an aromatic ring is 1. The third-order valence-electron chi connectivity index (χ3n) is 1.56. The molecular formula is C10H14N2S. The molecule has 1 aromatic heterocycles. The fourth-order valence-electron chi connectivity index (χ4n) is 1.06. The van der Waals surface area contributed by atoms with Crippen LogP contribution in [0.4, 0.5) is 5.13 Å². The van der Waals surface area contributed by atoms with Gasteiger partial charge in [-0.1, -0.05) is 31.3 Å². The average molecular weight is 194 g/mol. The fourth-order valence-corrected chi connectivity index (χ4v) is 1.77. The van der Waals surface area contributed by atoms with Crippen molar-refractivity contribution in [3.63, 3.8) is 0 Å². The van der Waals surface area contributed by atoms with E-state index in [1.54, 1.807) is 0 Å². The van der Waals surface area contributed by atoms with Crippen LogP contribution in [0.25, 0.3) is 10.2 Å². The Balaban J connectivity index is 0.000000396. The number of anilines is 1. The number of fused-ring (bicyclic) bond motifs is 1. The molecule has 0 saturated carbocycles. The van der Waals surface area contributed by atoms with Gasteiger partial charge in [-0.2, -0.15) is 0 Å². The summed E-state index contributed by atoms with van der Waals surface area (Å²) in [7, 11) is 0. The van der Waals surface area contributed by atoms with E-state index in [4.69, 9.17) is 5.73 Å². The first-order chi connectivity index (χ1) is 6.25. The molecule has 0 spiro atoms. The van der Waals surface area contributed by atoms with Crippen LogP contribution in [0.5, 0.6) is 0 Å². The molecule has 2 N–H and O–H groups in total. The molecule has 1 heterocycles. The summed E-state index contributed by atoms with van der Waals surface area (Å²) in [4.78, 5) is 4.17. The monoisotopic (exact) mass is 194 g/mol. The summed E-state index contributed by atoms with van der Waals surface area (Å²) >= 11 is 1.53. The lowest BCUT2D eigenvalue weighted by molar-refractivity contribution is 1.45. The highest BCUT2D eigenvalue weighted by Gasteiger charge is 1.98. The Morgan fingerprint density at radius 2 is 2.00 bits per heavy atom. The van der Waals surface area contributed by atoms with Crippen molar-refractivity contribution in [2.45, 2.75) is 20.8 Å². The summed E-state index contributed by atoms with van der Waals surface area (Å²) in [5.41, 5.74) is 7.78. The van der Waals surface area contributed by atoms with Gasteiger partial charge in [0.05, 0.1) is 10.2 Å². The molecule has 1 aromatic carbocycles. The van der Waals surface area contributed by atoms with Crippen molar-refractivity contribution in [1.82, 2.24) is 4.98 Å². The lowest BCUT2D eigenvalue weighted by atomic mass is 10.2. The Labute approximate surface area is 82.4 Å². The van der Waals surface area contributed by atoms with Crippen LogP contribution >= 0.6 is 11.3 Å². The van der Waals surface area contributed by atoms with Crippen LogP contribution < -0.4 is 5.73 Å². The lowest BCUT2D eigenvalue weighted by Gasteiger charge is -1.88. The van der Waals surface area contributed by atoms with E-state index in [0.29, 0.717) is 5.13 Å². The van der Waals surface area contributed by atoms with E-state index in [9.17, 15) is 0 Å². The molecular weight excluding hydrogens is 180 g/mol. The Bertz CT molecular complexity index is 393. The highest BCUT2D eigenvalue weighted by atomic mass is 32.1. The summed E-state index contributed by atoms with van der Waals surface area (Å²) in [6.45, 7) is 6.05. The second-order valence-corrected chi connectivity index (χ2v) is 3.59. The number of aryl methyl sites for hydroxylation is 1. The number of nitrogens with zero attached hydrogens (tertiary/aromatic N) is 1. The zero-order valence-electron chi connectivity index (χ0n) is 8.16. The van der Waals surface area contributed by atoms with Crippen molar-refractivity contribution < 1.29 is 0 Å². The fraction of sp³-hybridized carbons (Fsp3) is 0.300. The molecule has 0 bridgehead atoms. The van der Waals surface area contributed by atoms with E-state index in [-0.39, 0.29) is 0 Å². The van der Waals surface area contributed by atoms with E-state index in [0.717, 1.165) is 10.2 Å². The van der Waals surface area contributed by atoms with Gasteiger partial charge in [-0.15, -0.1) is 0 Å². The Morgan fingerprint density at radius 3 is 2.69 bits per heavy atom. The van der Waals surface area contributed by atoms with E-state index in [1.165, 1.54) is 16.9 Å². The molecule has 0 radical (unpaired) electrons. The number of rotatable bonds is 0. The molecule has 2 rings (SSSR count). The number of hydrogen-bond donors (Lipinski definition) is 1. The molecule has 70 valence electrons. The van der Waals surface area contributed by atoms with Gasteiger partial charge in [0.15, 0.2) is 5.13 Å². The van der Waals surface area contributed by atoms with Crippen LogP contribution in [0.3, 0.4) is 0 Å². The molecule has 13 heavy (non-hydrogen) atoms. The van der Waals surface area contributed by atoms with Crippen molar-refractivity contribution in [2.75, 3.05) is 5.73 Å². The average Bonchev–Trinajstić information content (AvgIpc) is 2.48. The van der Waals surface area contributed by atoms with Gasteiger partial charge in [0.1, 0.15) is 0 Å². The summed E-state index contributed by atoms with van der Waals surface area (Å²) in [5, 5.41) is 0.644. The molecule has 2 nitrogen and oxygen atoms in total. The Kier molecular flexibility index (Phi) is 3.25. The third-order valence-corrected chi connectivity index (χ3v) is 2.43. The largest absolute Gasteiger partial charge is 0.375 e. The van der Waals surface area contributed by atoms with E-state index in [2.05, 4.69) is 24.0 Å². The van der Waals surface area contributed by atoms with E-state index < -0.39 is 0 Å². The molecule has 0 unspecified atom stereocenters. The molecule has 3 heteroatoms. The van der Waals surface area contributed by atoms with Crippen LogP contribution in [0.1, 0.15) is 19.4 Å². The van der Waals surface area contributed by atoms with Gasteiger partial charge in [0.25, 0.3) is 0 Å². The predicted octanol–water partition coefficient (Wildman–Crippen LogP) is 3.21. The normalized spacial score (nSPS) is 9.46. The summed E-state index contributed by atoms with van der Waals surface area (Å²) < 4.78 is 1.16. The van der Waals surface area contributed by atoms with Gasteiger partial charge in [-0.3, -0.25) is 0 Å². The first-order valence-electron chi connectivity index (χ1n) is 4.38. The van der Waals surface area contributed by atoms with E-state index in [1.807, 2.05) is 19.9 Å². The highest BCUT2D eigenvalue weighted by Crippen LogP contribution is 2.23. The minimum Gasteiger partial charge on any atom is -0.375 e. The summed E-state index contributed by atoms with van der Waals surface area (Å²) in [6, 6.07) is 6.17. The minimum absolute atomic E-state index is 0.644. The van der Waals surface area contributed by atoms with Crippen LogP contribution in [-0.2, 0) is 0 Å². The van der Waals surface area contributed by atoms with Gasteiger partial charge in [0, 0.05) is 0 Å². The number of thiazole rings is 1. The zero-order valence-corrected chi connectivity index (χ0v) is 8.98. The first-order valence-corrected chi connectivity index (χ1v) is 5.20. The maximum Gasteiger partial charge on any atom is 0.181 e. The topological polar surface area (TPSA) is 38.9 Å². The number of benzene rings is 1. The second-order valence-electron chi connectivity index (χ2n) is 2.52. The van der Waals surface area contributed by atoms with Gasteiger partial charge < -0.3 is 5.73 Å². The number of nitrogens with two attached hydrogens (primary N) is 1. The number of aromatic nitrogens is 1. The molecule has 0 aliphatic carbocycles. The lowest BCUT2D eigenvalue weighted by Crippen LogP contribution is -1.79. The maximum atomic E-state index is 5.55. The minimum atomic E-state index is 0.644. The molecule has 0 amide bonds. The Morgan fingerprint density at radius 1 is 1.31 bits per heavy atom. The summed E-state index contributed by atoms with van der Waals surface area (Å²) in [6.07, 6.45) is 0. The molecule has 2 aromatic rings. The third kappa shape index (κ3) is 2.18. The highest BCUT2D eigenvalue weighted by molar-refractivity contribution is 7.22. The van der Waals surface area contributed by atoms with Crippen LogP contribution in [-0.4, -0.2) is 4.98 Å². The number of hydrogen-bond acceptors (Lipinski definition) is 3. The van der Waals surface area contributed by atoms with Crippen molar-refractivity contribution in [2.24, 2.45) is 0 Å². The van der Waals surface area contributed by atoms with Crippen LogP contribution in [0.15, 0.2) is 18.2 Å². The van der Waals surface area contributed by atoms with Crippen molar-refractivity contribution in [3.05, 3.63) is 23.8 Å². The van der Waals surface area contributed by atoms with Crippen LogP contribution in [0.2, 0.25) is 0 Å². The van der Waals surface area contributed by atoms with Gasteiger partial charge in [-0.05, 0) is 24.6 Å². The standard InChI is InChI=1S/C8H8N2S.C2H6/c1-5-2-3-7-6(4-5)10-8(9)11-7;1-2/h2-4H,1H3,(H2,9,10);1-2H3. The van der Waals surface area contributed by atoms with Crippen molar-refractivity contribution in [1.29, 1.82) is 0 Å². The maximum absolute atomic E-state index is 5.55. The van der Waals surface area contributed by atoms with Gasteiger partial charge >= 0.3 is 0 Å². The zero-order chi connectivity index (χ0) is 9.84.